The Balaban J connectivity index is 2.38. The zero-order valence-electron chi connectivity index (χ0n) is 11.6. The summed E-state index contributed by atoms with van der Waals surface area (Å²) in [6, 6.07) is 0. The van der Waals surface area contributed by atoms with Gasteiger partial charge in [-0.1, -0.05) is 33.1 Å². The van der Waals surface area contributed by atoms with Gasteiger partial charge in [0, 0.05) is 25.1 Å². The molecule has 3 nitrogen and oxygen atoms in total. The molecule has 0 bridgehead atoms. The number of hydrogen-bond donors (Lipinski definition) is 3. The van der Waals surface area contributed by atoms with Crippen molar-refractivity contribution in [3.8, 4) is 0 Å². The number of rotatable bonds is 6. The van der Waals surface area contributed by atoms with Gasteiger partial charge in [-0.05, 0) is 25.7 Å². The third-order valence-corrected chi connectivity index (χ3v) is 4.48. The summed E-state index contributed by atoms with van der Waals surface area (Å²) in [4.78, 5) is 0. The van der Waals surface area contributed by atoms with Crippen molar-refractivity contribution < 1.29 is 10.2 Å². The van der Waals surface area contributed by atoms with Crippen LogP contribution in [0.15, 0.2) is 0 Å². The summed E-state index contributed by atoms with van der Waals surface area (Å²) >= 11 is 0. The lowest BCUT2D eigenvalue weighted by Crippen LogP contribution is -2.47. The average Bonchev–Trinajstić information content (AvgIpc) is 2.30. The molecule has 3 heteroatoms. The van der Waals surface area contributed by atoms with E-state index in [-0.39, 0.29) is 17.9 Å². The zero-order valence-corrected chi connectivity index (χ0v) is 11.6. The van der Waals surface area contributed by atoms with Crippen LogP contribution in [-0.4, -0.2) is 35.5 Å². The van der Waals surface area contributed by atoms with Crippen molar-refractivity contribution >= 4 is 0 Å². The molecule has 0 heterocycles. The average molecular weight is 243 g/mol. The standard InChI is InChI=1S/C14H29NO2/c1-12(2)13(3,17)9-15-10-14(11-16)7-5-4-6-8-14/h12,15-17H,4-11H2,1-3H3. The van der Waals surface area contributed by atoms with Crippen molar-refractivity contribution in [2.45, 2.75) is 58.5 Å². The minimum atomic E-state index is -0.661. The van der Waals surface area contributed by atoms with Crippen molar-refractivity contribution in [1.29, 1.82) is 0 Å². The minimum Gasteiger partial charge on any atom is -0.396 e. The molecule has 1 unspecified atom stereocenters. The Kier molecular flexibility index (Phi) is 5.42. The lowest BCUT2D eigenvalue weighted by molar-refractivity contribution is 0.00681. The van der Waals surface area contributed by atoms with E-state index in [1.54, 1.807) is 0 Å². The third-order valence-electron chi connectivity index (χ3n) is 4.48. The summed E-state index contributed by atoms with van der Waals surface area (Å²) in [6.45, 7) is 7.63. The first-order chi connectivity index (χ1) is 7.92. The van der Waals surface area contributed by atoms with E-state index in [1.807, 2.05) is 20.8 Å². The normalized spacial score (nSPS) is 23.6. The second kappa shape index (κ2) is 6.17. The third kappa shape index (κ3) is 4.23. The van der Waals surface area contributed by atoms with Crippen LogP contribution in [0.1, 0.15) is 52.9 Å². The maximum atomic E-state index is 10.2. The predicted molar refractivity (Wildman–Crippen MR) is 70.9 cm³/mol. The molecule has 0 spiro atoms. The lowest BCUT2D eigenvalue weighted by Gasteiger charge is -2.37. The molecule has 102 valence electrons. The van der Waals surface area contributed by atoms with Crippen molar-refractivity contribution in [3.05, 3.63) is 0 Å². The van der Waals surface area contributed by atoms with E-state index in [4.69, 9.17) is 0 Å². The van der Waals surface area contributed by atoms with Gasteiger partial charge >= 0.3 is 0 Å². The van der Waals surface area contributed by atoms with E-state index in [0.29, 0.717) is 6.54 Å². The van der Waals surface area contributed by atoms with Crippen LogP contribution in [0.4, 0.5) is 0 Å². The first-order valence-corrected chi connectivity index (χ1v) is 6.96. The van der Waals surface area contributed by atoms with E-state index in [0.717, 1.165) is 19.4 Å². The molecular formula is C14H29NO2. The Bertz CT molecular complexity index is 220. The quantitative estimate of drug-likeness (QED) is 0.668. The fourth-order valence-corrected chi connectivity index (χ4v) is 2.48. The van der Waals surface area contributed by atoms with Gasteiger partial charge < -0.3 is 15.5 Å². The van der Waals surface area contributed by atoms with E-state index in [1.165, 1.54) is 19.3 Å². The lowest BCUT2D eigenvalue weighted by atomic mass is 9.74. The van der Waals surface area contributed by atoms with E-state index in [2.05, 4.69) is 5.32 Å². The van der Waals surface area contributed by atoms with Crippen LogP contribution in [0, 0.1) is 11.3 Å². The van der Waals surface area contributed by atoms with E-state index in [9.17, 15) is 10.2 Å². The van der Waals surface area contributed by atoms with Crippen LogP contribution >= 0.6 is 0 Å². The maximum absolute atomic E-state index is 10.2. The Labute approximate surface area is 106 Å². The summed E-state index contributed by atoms with van der Waals surface area (Å²) in [7, 11) is 0. The topological polar surface area (TPSA) is 52.5 Å². The fraction of sp³-hybridized carbons (Fsp3) is 1.00. The Morgan fingerprint density at radius 1 is 1.24 bits per heavy atom. The molecular weight excluding hydrogens is 214 g/mol. The highest BCUT2D eigenvalue weighted by Crippen LogP contribution is 2.35. The van der Waals surface area contributed by atoms with Crippen LogP contribution in [0.2, 0.25) is 0 Å². The van der Waals surface area contributed by atoms with Crippen molar-refractivity contribution in [2.24, 2.45) is 11.3 Å². The van der Waals surface area contributed by atoms with E-state index >= 15 is 0 Å². The molecule has 17 heavy (non-hydrogen) atoms. The second-order valence-electron chi connectivity index (χ2n) is 6.33. The van der Waals surface area contributed by atoms with E-state index < -0.39 is 5.60 Å². The first-order valence-electron chi connectivity index (χ1n) is 6.96. The van der Waals surface area contributed by atoms with Crippen LogP contribution in [-0.2, 0) is 0 Å². The summed E-state index contributed by atoms with van der Waals surface area (Å²) < 4.78 is 0. The SMILES string of the molecule is CC(C)C(C)(O)CNCC1(CO)CCCCC1. The maximum Gasteiger partial charge on any atom is 0.0766 e. The molecule has 1 saturated carbocycles. The predicted octanol–water partition coefficient (Wildman–Crippen LogP) is 1.93. The fourth-order valence-electron chi connectivity index (χ4n) is 2.48. The molecule has 3 N–H and O–H groups in total. The summed E-state index contributed by atoms with van der Waals surface area (Å²) in [6.07, 6.45) is 5.97. The molecule has 1 aliphatic carbocycles. The van der Waals surface area contributed by atoms with Crippen LogP contribution in [0.5, 0.6) is 0 Å². The minimum absolute atomic E-state index is 0.0608. The zero-order chi connectivity index (χ0) is 12.9. The largest absolute Gasteiger partial charge is 0.396 e. The monoisotopic (exact) mass is 243 g/mol. The van der Waals surface area contributed by atoms with Crippen LogP contribution in [0.25, 0.3) is 0 Å². The summed E-state index contributed by atoms with van der Waals surface area (Å²) in [5.74, 6) is 0.242. The number of hydrogen-bond acceptors (Lipinski definition) is 3. The molecule has 0 saturated heterocycles. The van der Waals surface area contributed by atoms with Crippen LogP contribution in [0.3, 0.4) is 0 Å². The highest BCUT2D eigenvalue weighted by molar-refractivity contribution is 4.86. The highest BCUT2D eigenvalue weighted by atomic mass is 16.3. The number of aliphatic hydroxyl groups is 2. The van der Waals surface area contributed by atoms with Crippen molar-refractivity contribution in [3.63, 3.8) is 0 Å². The number of aliphatic hydroxyl groups excluding tert-OH is 1. The van der Waals surface area contributed by atoms with Gasteiger partial charge in [0.15, 0.2) is 0 Å². The Morgan fingerprint density at radius 2 is 1.82 bits per heavy atom. The molecule has 0 aromatic rings. The van der Waals surface area contributed by atoms with Gasteiger partial charge in [0.05, 0.1) is 5.60 Å². The molecule has 0 radical (unpaired) electrons. The van der Waals surface area contributed by atoms with Crippen molar-refractivity contribution in [2.75, 3.05) is 19.7 Å². The molecule has 0 aliphatic heterocycles. The molecule has 0 amide bonds. The second-order valence-corrected chi connectivity index (χ2v) is 6.33. The van der Waals surface area contributed by atoms with Gasteiger partial charge in [-0.2, -0.15) is 0 Å². The van der Waals surface area contributed by atoms with Gasteiger partial charge in [0.25, 0.3) is 0 Å². The number of nitrogens with one attached hydrogen (secondary N) is 1. The van der Waals surface area contributed by atoms with Gasteiger partial charge in [-0.15, -0.1) is 0 Å². The molecule has 1 aliphatic rings. The first kappa shape index (κ1) is 14.9. The molecule has 1 fully saturated rings. The van der Waals surface area contributed by atoms with Gasteiger partial charge in [0.1, 0.15) is 0 Å². The summed E-state index contributed by atoms with van der Waals surface area (Å²) in [5, 5.41) is 23.1. The molecule has 0 aromatic heterocycles. The van der Waals surface area contributed by atoms with Gasteiger partial charge in [-0.25, -0.2) is 0 Å². The molecule has 1 rings (SSSR count). The van der Waals surface area contributed by atoms with Gasteiger partial charge in [0.2, 0.25) is 0 Å². The Morgan fingerprint density at radius 3 is 2.29 bits per heavy atom. The summed E-state index contributed by atoms with van der Waals surface area (Å²) in [5.41, 5.74) is -0.601. The van der Waals surface area contributed by atoms with Gasteiger partial charge in [-0.3, -0.25) is 0 Å². The highest BCUT2D eigenvalue weighted by Gasteiger charge is 2.32. The molecule has 1 atom stereocenters. The smallest absolute Gasteiger partial charge is 0.0766 e. The molecule has 0 aromatic carbocycles. The Hall–Kier alpha value is -0.120. The van der Waals surface area contributed by atoms with Crippen molar-refractivity contribution in [1.82, 2.24) is 5.32 Å². The van der Waals surface area contributed by atoms with Crippen LogP contribution < -0.4 is 5.32 Å².